The van der Waals surface area contributed by atoms with Crippen LogP contribution in [0.4, 0.5) is 10.1 Å². The molecule has 2 amide bonds. The zero-order chi connectivity index (χ0) is 18.4. The van der Waals surface area contributed by atoms with Crippen molar-refractivity contribution in [3.63, 3.8) is 0 Å². The van der Waals surface area contributed by atoms with Gasteiger partial charge in [-0.1, -0.05) is 5.92 Å². The quantitative estimate of drug-likeness (QED) is 0.698. The number of thiophene rings is 1. The molecule has 0 aliphatic rings. The molecule has 1 heterocycles. The lowest BCUT2D eigenvalue weighted by Crippen LogP contribution is -2.41. The predicted octanol–water partition coefficient (Wildman–Crippen LogP) is 3.42. The van der Waals surface area contributed by atoms with Crippen LogP contribution in [0, 0.1) is 18.2 Å². The minimum absolute atomic E-state index is 0.0636. The Morgan fingerprint density at radius 3 is 2.80 bits per heavy atom. The average Bonchev–Trinajstić information content (AvgIpc) is 3.01. The number of rotatable bonds is 6. The average molecular weight is 425 g/mol. The molecule has 1 atom stereocenters. The van der Waals surface area contributed by atoms with E-state index in [0.29, 0.717) is 4.88 Å². The van der Waals surface area contributed by atoms with Crippen LogP contribution in [-0.4, -0.2) is 24.5 Å². The number of carbonyl (C=O) groups excluding carboxylic acids is 2. The first-order valence-corrected chi connectivity index (χ1v) is 8.74. The standard InChI is InChI=1S/C17H14BrFN2O3S/c1-3-8-24-13-9-11(19)4-5-12(13)21-16(22)10(2)20-17(23)14-6-7-15(18)25-14/h1,4-7,9-10H,8H2,2H3,(H,20,23)(H,21,22)/t10-/m0/s1. The maximum atomic E-state index is 13.3. The number of amides is 2. The summed E-state index contributed by atoms with van der Waals surface area (Å²) in [6, 6.07) is 6.27. The van der Waals surface area contributed by atoms with Gasteiger partial charge in [-0.2, -0.15) is 0 Å². The van der Waals surface area contributed by atoms with Crippen LogP contribution in [0.3, 0.4) is 0 Å². The molecule has 130 valence electrons. The first-order valence-electron chi connectivity index (χ1n) is 7.13. The smallest absolute Gasteiger partial charge is 0.262 e. The van der Waals surface area contributed by atoms with Crippen LogP contribution < -0.4 is 15.4 Å². The van der Waals surface area contributed by atoms with Gasteiger partial charge in [-0.15, -0.1) is 17.8 Å². The molecule has 0 aliphatic carbocycles. The van der Waals surface area contributed by atoms with Gasteiger partial charge in [0.15, 0.2) is 0 Å². The highest BCUT2D eigenvalue weighted by molar-refractivity contribution is 9.11. The Morgan fingerprint density at radius 1 is 1.40 bits per heavy atom. The minimum Gasteiger partial charge on any atom is -0.479 e. The van der Waals surface area contributed by atoms with Crippen LogP contribution in [0.2, 0.25) is 0 Å². The van der Waals surface area contributed by atoms with Crippen molar-refractivity contribution < 1.29 is 18.7 Å². The molecule has 0 fully saturated rings. The number of halogens is 2. The molecule has 8 heteroatoms. The van der Waals surface area contributed by atoms with E-state index in [1.807, 2.05) is 0 Å². The van der Waals surface area contributed by atoms with Crippen molar-refractivity contribution in [1.82, 2.24) is 5.32 Å². The highest BCUT2D eigenvalue weighted by Crippen LogP contribution is 2.26. The number of carbonyl (C=O) groups is 2. The monoisotopic (exact) mass is 424 g/mol. The summed E-state index contributed by atoms with van der Waals surface area (Å²) >= 11 is 4.53. The van der Waals surface area contributed by atoms with E-state index in [-0.39, 0.29) is 24.0 Å². The minimum atomic E-state index is -0.807. The maximum Gasteiger partial charge on any atom is 0.262 e. The number of benzene rings is 1. The fourth-order valence-corrected chi connectivity index (χ4v) is 3.14. The molecular weight excluding hydrogens is 411 g/mol. The van der Waals surface area contributed by atoms with E-state index in [0.717, 1.165) is 9.85 Å². The summed E-state index contributed by atoms with van der Waals surface area (Å²) < 4.78 is 19.4. The van der Waals surface area contributed by atoms with Gasteiger partial charge in [0.1, 0.15) is 24.2 Å². The Labute approximate surface area is 156 Å². The van der Waals surface area contributed by atoms with E-state index in [9.17, 15) is 14.0 Å². The first kappa shape index (κ1) is 19.0. The summed E-state index contributed by atoms with van der Waals surface area (Å²) in [5, 5.41) is 5.18. The molecule has 5 nitrogen and oxygen atoms in total. The highest BCUT2D eigenvalue weighted by Gasteiger charge is 2.19. The van der Waals surface area contributed by atoms with Gasteiger partial charge in [-0.3, -0.25) is 9.59 Å². The number of anilines is 1. The van der Waals surface area contributed by atoms with Crippen LogP contribution in [0.1, 0.15) is 16.6 Å². The van der Waals surface area contributed by atoms with Crippen molar-refractivity contribution in [2.24, 2.45) is 0 Å². The van der Waals surface area contributed by atoms with Gasteiger partial charge >= 0.3 is 0 Å². The van der Waals surface area contributed by atoms with Crippen molar-refractivity contribution in [3.8, 4) is 18.1 Å². The lowest BCUT2D eigenvalue weighted by Gasteiger charge is -2.16. The topological polar surface area (TPSA) is 67.4 Å². The summed E-state index contributed by atoms with van der Waals surface area (Å²) in [6.45, 7) is 1.48. The molecule has 1 aromatic heterocycles. The van der Waals surface area contributed by atoms with Gasteiger partial charge in [0.25, 0.3) is 5.91 Å². The first-order chi connectivity index (χ1) is 11.9. The lowest BCUT2D eigenvalue weighted by molar-refractivity contribution is -0.117. The number of ether oxygens (including phenoxy) is 1. The summed E-state index contributed by atoms with van der Waals surface area (Å²) in [5.74, 6) is 1.04. The highest BCUT2D eigenvalue weighted by atomic mass is 79.9. The molecule has 2 aromatic rings. The van der Waals surface area contributed by atoms with Crippen LogP contribution in [0.5, 0.6) is 5.75 Å². The molecule has 0 saturated heterocycles. The zero-order valence-corrected chi connectivity index (χ0v) is 15.5. The van der Waals surface area contributed by atoms with Gasteiger partial charge in [-0.05, 0) is 47.1 Å². The summed E-state index contributed by atoms with van der Waals surface area (Å²) in [6.07, 6.45) is 5.12. The van der Waals surface area contributed by atoms with E-state index in [2.05, 4.69) is 32.5 Å². The molecule has 0 aliphatic heterocycles. The number of nitrogens with one attached hydrogen (secondary N) is 2. The zero-order valence-electron chi connectivity index (χ0n) is 13.1. The van der Waals surface area contributed by atoms with Crippen molar-refractivity contribution in [1.29, 1.82) is 0 Å². The molecule has 25 heavy (non-hydrogen) atoms. The molecule has 2 rings (SSSR count). The third-order valence-electron chi connectivity index (χ3n) is 3.05. The van der Waals surface area contributed by atoms with Crippen molar-refractivity contribution in [3.05, 3.63) is 44.8 Å². The van der Waals surface area contributed by atoms with E-state index in [1.165, 1.54) is 23.5 Å². The molecule has 0 bridgehead atoms. The Hall–Kier alpha value is -2.37. The molecule has 0 radical (unpaired) electrons. The Bertz CT molecular complexity index is 832. The van der Waals surface area contributed by atoms with Gasteiger partial charge in [0.2, 0.25) is 5.91 Å². The van der Waals surface area contributed by atoms with Crippen LogP contribution in [0.25, 0.3) is 0 Å². The summed E-state index contributed by atoms with van der Waals surface area (Å²) in [7, 11) is 0. The Kier molecular flexibility index (Phi) is 6.56. The summed E-state index contributed by atoms with van der Waals surface area (Å²) in [5.41, 5.74) is 0.265. The fourth-order valence-electron chi connectivity index (χ4n) is 1.85. The van der Waals surface area contributed by atoms with Crippen LogP contribution in [0.15, 0.2) is 34.1 Å². The molecule has 0 unspecified atom stereocenters. The number of terminal acetylenes is 1. The van der Waals surface area contributed by atoms with Gasteiger partial charge in [-0.25, -0.2) is 4.39 Å². The predicted molar refractivity (Wildman–Crippen MR) is 98.3 cm³/mol. The molecule has 0 spiro atoms. The van der Waals surface area contributed by atoms with E-state index < -0.39 is 17.8 Å². The SMILES string of the molecule is C#CCOc1cc(F)ccc1NC(=O)[C@H](C)NC(=O)c1ccc(Br)s1. The van der Waals surface area contributed by atoms with Gasteiger partial charge < -0.3 is 15.4 Å². The number of hydrogen-bond acceptors (Lipinski definition) is 4. The second-order valence-electron chi connectivity index (χ2n) is 4.92. The Balaban J connectivity index is 2.03. The van der Waals surface area contributed by atoms with Gasteiger partial charge in [0.05, 0.1) is 14.4 Å². The van der Waals surface area contributed by atoms with E-state index in [1.54, 1.807) is 19.1 Å². The molecular formula is C17H14BrFN2O3S. The van der Waals surface area contributed by atoms with Crippen LogP contribution >= 0.6 is 27.3 Å². The fraction of sp³-hybridized carbons (Fsp3) is 0.176. The molecule has 1 aromatic carbocycles. The van der Waals surface area contributed by atoms with E-state index >= 15 is 0 Å². The Morgan fingerprint density at radius 2 is 2.16 bits per heavy atom. The second kappa shape index (κ2) is 8.65. The second-order valence-corrected chi connectivity index (χ2v) is 7.38. The van der Waals surface area contributed by atoms with Crippen molar-refractivity contribution in [2.75, 3.05) is 11.9 Å². The lowest BCUT2D eigenvalue weighted by atomic mass is 10.2. The number of hydrogen-bond donors (Lipinski definition) is 2. The maximum absolute atomic E-state index is 13.3. The van der Waals surface area contributed by atoms with Crippen molar-refractivity contribution >= 4 is 44.8 Å². The third-order valence-corrected chi connectivity index (χ3v) is 4.67. The van der Waals surface area contributed by atoms with Crippen LogP contribution in [-0.2, 0) is 4.79 Å². The third kappa shape index (κ3) is 5.31. The molecule has 2 N–H and O–H groups in total. The van der Waals surface area contributed by atoms with E-state index in [4.69, 9.17) is 11.2 Å². The summed E-state index contributed by atoms with van der Waals surface area (Å²) in [4.78, 5) is 24.8. The van der Waals surface area contributed by atoms with Gasteiger partial charge in [0, 0.05) is 6.07 Å². The normalized spacial score (nSPS) is 11.3. The molecule has 0 saturated carbocycles. The van der Waals surface area contributed by atoms with Crippen molar-refractivity contribution in [2.45, 2.75) is 13.0 Å². The largest absolute Gasteiger partial charge is 0.479 e.